The summed E-state index contributed by atoms with van der Waals surface area (Å²) in [5.74, 6) is 1.29. The van der Waals surface area contributed by atoms with Gasteiger partial charge in [0.25, 0.3) is 0 Å². The third-order valence-corrected chi connectivity index (χ3v) is 4.67. The minimum atomic E-state index is 0.0989. The number of hydrogen-bond acceptors (Lipinski definition) is 2. The molecule has 2 rings (SSSR count). The molecule has 0 amide bonds. The molecule has 0 saturated carbocycles. The Hall–Kier alpha value is -1.35. The molecule has 2 unspecified atom stereocenters. The van der Waals surface area contributed by atoms with Crippen molar-refractivity contribution in [3.8, 4) is 0 Å². The van der Waals surface area contributed by atoms with E-state index in [1.54, 1.807) is 0 Å². The molecule has 1 heterocycles. The molecular weight excluding hydrogens is 262 g/mol. The van der Waals surface area contributed by atoms with Crippen LogP contribution >= 0.6 is 0 Å². The van der Waals surface area contributed by atoms with Gasteiger partial charge in [-0.3, -0.25) is 4.79 Å². The number of allylic oxidation sites excluding steroid dienone is 2. The first kappa shape index (κ1) is 16.0. The maximum absolute atomic E-state index is 12.3. The van der Waals surface area contributed by atoms with Crippen LogP contribution in [0.25, 0.3) is 0 Å². The number of Topliss-reactive ketones (excluding diaryl/α,β-unsaturated/α-hetero) is 1. The topological polar surface area (TPSA) is 31.2 Å². The predicted molar refractivity (Wildman–Crippen MR) is 85.8 cm³/mol. The van der Waals surface area contributed by atoms with Gasteiger partial charge >= 0.3 is 0 Å². The summed E-state index contributed by atoms with van der Waals surface area (Å²) in [6.45, 7) is 10.2. The molecule has 1 aliphatic rings. The minimum Gasteiger partial charge on any atom is -0.373 e. The van der Waals surface area contributed by atoms with E-state index in [0.717, 1.165) is 36.3 Å². The molecule has 0 aliphatic heterocycles. The largest absolute Gasteiger partial charge is 0.373 e. The van der Waals surface area contributed by atoms with Crippen LogP contribution in [-0.4, -0.2) is 23.6 Å². The Labute approximate surface area is 128 Å². The lowest BCUT2D eigenvalue weighted by atomic mass is 9.85. The molecule has 0 fully saturated rings. The first-order valence-electron chi connectivity index (χ1n) is 7.97. The highest BCUT2D eigenvalue weighted by Crippen LogP contribution is 2.25. The van der Waals surface area contributed by atoms with Gasteiger partial charge in [-0.25, -0.2) is 0 Å². The van der Waals surface area contributed by atoms with E-state index in [4.69, 9.17) is 4.74 Å². The number of ketones is 1. The summed E-state index contributed by atoms with van der Waals surface area (Å²) in [6.07, 6.45) is 6.66. The van der Waals surface area contributed by atoms with Crippen molar-refractivity contribution in [3.63, 3.8) is 0 Å². The maximum atomic E-state index is 12.3. The number of rotatable bonds is 6. The highest BCUT2D eigenvalue weighted by atomic mass is 16.5. The molecule has 1 aliphatic carbocycles. The number of carbonyl (C=O) groups is 1. The number of aryl methyl sites for hydroxylation is 1. The lowest BCUT2D eigenvalue weighted by molar-refractivity contribution is 0.0602. The molecule has 0 aromatic carbocycles. The van der Waals surface area contributed by atoms with Crippen molar-refractivity contribution >= 4 is 5.78 Å². The number of hydrogen-bond donors (Lipinski definition) is 0. The SMILES string of the molecule is CCn1c(C)cc(C(=O)COCC2CC=CCC2C)c1C. The fourth-order valence-electron chi connectivity index (χ4n) is 3.19. The van der Waals surface area contributed by atoms with Gasteiger partial charge in [0.2, 0.25) is 0 Å². The summed E-state index contributed by atoms with van der Waals surface area (Å²) in [5, 5.41) is 0. The summed E-state index contributed by atoms with van der Waals surface area (Å²) in [4.78, 5) is 12.3. The van der Waals surface area contributed by atoms with Gasteiger partial charge in [-0.2, -0.15) is 0 Å². The fraction of sp³-hybridized carbons (Fsp3) is 0.611. The van der Waals surface area contributed by atoms with E-state index < -0.39 is 0 Å². The maximum Gasteiger partial charge on any atom is 0.190 e. The first-order chi connectivity index (χ1) is 10.0. The summed E-state index contributed by atoms with van der Waals surface area (Å²) in [6, 6.07) is 1.98. The highest BCUT2D eigenvalue weighted by Gasteiger charge is 2.20. The Kier molecular flexibility index (Phi) is 5.40. The molecule has 0 N–H and O–H groups in total. The second-order valence-electron chi connectivity index (χ2n) is 6.15. The van der Waals surface area contributed by atoms with Crippen LogP contribution in [0.5, 0.6) is 0 Å². The zero-order valence-electron chi connectivity index (χ0n) is 13.7. The Morgan fingerprint density at radius 1 is 1.33 bits per heavy atom. The van der Waals surface area contributed by atoms with Crippen LogP contribution in [0, 0.1) is 25.7 Å². The summed E-state index contributed by atoms with van der Waals surface area (Å²) in [7, 11) is 0. The molecule has 3 nitrogen and oxygen atoms in total. The van der Waals surface area contributed by atoms with Crippen molar-refractivity contribution in [2.45, 2.75) is 47.1 Å². The smallest absolute Gasteiger partial charge is 0.190 e. The molecular formula is C18H27NO2. The molecule has 0 saturated heterocycles. The Bertz CT molecular complexity index is 528. The molecule has 2 atom stereocenters. The standard InChI is InChI=1S/C18H27NO2/c1-5-19-14(3)10-17(15(19)4)18(20)12-21-11-16-9-7-6-8-13(16)2/h6-7,10,13,16H,5,8-9,11-12H2,1-4H3. The quantitative estimate of drug-likeness (QED) is 0.587. The highest BCUT2D eigenvalue weighted by molar-refractivity contribution is 5.98. The third-order valence-electron chi connectivity index (χ3n) is 4.67. The van der Waals surface area contributed by atoms with E-state index in [0.29, 0.717) is 18.4 Å². The summed E-state index contributed by atoms with van der Waals surface area (Å²) < 4.78 is 7.87. The molecule has 0 spiro atoms. The number of nitrogens with zero attached hydrogens (tertiary/aromatic N) is 1. The van der Waals surface area contributed by atoms with Crippen LogP contribution in [0.3, 0.4) is 0 Å². The van der Waals surface area contributed by atoms with Crippen LogP contribution in [0.4, 0.5) is 0 Å². The van der Waals surface area contributed by atoms with Gasteiger partial charge in [0.1, 0.15) is 6.61 Å². The average Bonchev–Trinajstić information content (AvgIpc) is 2.75. The zero-order chi connectivity index (χ0) is 15.4. The number of aromatic nitrogens is 1. The first-order valence-corrected chi connectivity index (χ1v) is 7.97. The fourth-order valence-corrected chi connectivity index (χ4v) is 3.19. The third kappa shape index (κ3) is 3.65. The minimum absolute atomic E-state index is 0.0989. The zero-order valence-corrected chi connectivity index (χ0v) is 13.7. The van der Waals surface area contributed by atoms with Gasteiger partial charge in [-0.15, -0.1) is 0 Å². The van der Waals surface area contributed by atoms with Gasteiger partial charge in [0.15, 0.2) is 5.78 Å². The number of carbonyl (C=O) groups excluding carboxylic acids is 1. The van der Waals surface area contributed by atoms with Gasteiger partial charge in [0, 0.05) is 23.5 Å². The van der Waals surface area contributed by atoms with Crippen LogP contribution in [0.15, 0.2) is 18.2 Å². The second kappa shape index (κ2) is 7.08. The van der Waals surface area contributed by atoms with Crippen molar-refractivity contribution in [3.05, 3.63) is 35.2 Å². The van der Waals surface area contributed by atoms with E-state index in [2.05, 4.69) is 30.6 Å². The summed E-state index contributed by atoms with van der Waals surface area (Å²) in [5.41, 5.74) is 3.01. The lowest BCUT2D eigenvalue weighted by Crippen LogP contribution is -2.21. The number of ether oxygens (including phenoxy) is 1. The van der Waals surface area contributed by atoms with Crippen LogP contribution in [-0.2, 0) is 11.3 Å². The summed E-state index contributed by atoms with van der Waals surface area (Å²) >= 11 is 0. The molecule has 1 aromatic rings. The molecule has 116 valence electrons. The Balaban J connectivity index is 1.89. The van der Waals surface area contributed by atoms with Gasteiger partial charge in [-0.05, 0) is 51.5 Å². The average molecular weight is 289 g/mol. The van der Waals surface area contributed by atoms with Crippen molar-refractivity contribution in [2.75, 3.05) is 13.2 Å². The van der Waals surface area contributed by atoms with Crippen molar-refractivity contribution in [1.82, 2.24) is 4.57 Å². The Morgan fingerprint density at radius 3 is 2.67 bits per heavy atom. The predicted octanol–water partition coefficient (Wildman–Crippen LogP) is 3.93. The van der Waals surface area contributed by atoms with E-state index in [1.165, 1.54) is 0 Å². The molecule has 0 bridgehead atoms. The normalized spacial score (nSPS) is 21.7. The van der Waals surface area contributed by atoms with Crippen molar-refractivity contribution in [1.29, 1.82) is 0 Å². The molecule has 3 heteroatoms. The lowest BCUT2D eigenvalue weighted by Gasteiger charge is -2.24. The van der Waals surface area contributed by atoms with Gasteiger partial charge in [0.05, 0.1) is 6.61 Å². The molecule has 0 radical (unpaired) electrons. The van der Waals surface area contributed by atoms with Crippen LogP contribution in [0.1, 0.15) is 48.4 Å². The van der Waals surface area contributed by atoms with E-state index in [-0.39, 0.29) is 12.4 Å². The van der Waals surface area contributed by atoms with Gasteiger partial charge < -0.3 is 9.30 Å². The molecule has 1 aromatic heterocycles. The van der Waals surface area contributed by atoms with E-state index in [9.17, 15) is 4.79 Å². The van der Waals surface area contributed by atoms with Crippen LogP contribution in [0.2, 0.25) is 0 Å². The van der Waals surface area contributed by atoms with Crippen molar-refractivity contribution in [2.24, 2.45) is 11.8 Å². The Morgan fingerprint density at radius 2 is 2.05 bits per heavy atom. The second-order valence-corrected chi connectivity index (χ2v) is 6.15. The molecule has 21 heavy (non-hydrogen) atoms. The van der Waals surface area contributed by atoms with E-state index in [1.807, 2.05) is 19.9 Å². The van der Waals surface area contributed by atoms with E-state index >= 15 is 0 Å². The van der Waals surface area contributed by atoms with Gasteiger partial charge in [-0.1, -0.05) is 19.1 Å². The monoisotopic (exact) mass is 289 g/mol. The van der Waals surface area contributed by atoms with Crippen molar-refractivity contribution < 1.29 is 9.53 Å². The van der Waals surface area contributed by atoms with Crippen LogP contribution < -0.4 is 0 Å².